The van der Waals surface area contributed by atoms with Crippen LogP contribution in [0.4, 0.5) is 11.4 Å². The van der Waals surface area contributed by atoms with Crippen LogP contribution in [0.3, 0.4) is 0 Å². The summed E-state index contributed by atoms with van der Waals surface area (Å²) in [5, 5.41) is 5.95. The molecule has 0 saturated heterocycles. The van der Waals surface area contributed by atoms with Gasteiger partial charge in [0.1, 0.15) is 0 Å². The smallest absolute Gasteiger partial charge is 0.251 e. The van der Waals surface area contributed by atoms with Crippen molar-refractivity contribution in [3.63, 3.8) is 0 Å². The number of halogens is 1. The molecule has 5 nitrogen and oxygen atoms in total. The van der Waals surface area contributed by atoms with Crippen LogP contribution < -0.4 is 16.4 Å². The van der Waals surface area contributed by atoms with Crippen LogP contribution in [0.5, 0.6) is 0 Å². The maximum atomic E-state index is 12.3. The number of nitrogen functional groups attached to an aromatic ring is 1. The Morgan fingerprint density at radius 2 is 1.56 bits per heavy atom. The molecule has 6 heteroatoms. The highest BCUT2D eigenvalue weighted by molar-refractivity contribution is 5.96. The number of carbonyl (C=O) groups is 2. The molecule has 3 rings (SSSR count). The Morgan fingerprint density at radius 1 is 0.926 bits per heavy atom. The minimum absolute atomic E-state index is 0. The van der Waals surface area contributed by atoms with E-state index in [2.05, 4.69) is 10.6 Å². The number of rotatable bonds is 5. The number of nitrogens with two attached hydrogens (primary N) is 1. The molecule has 2 aromatic rings. The molecule has 0 aromatic heterocycles. The molecule has 4 N–H and O–H groups in total. The van der Waals surface area contributed by atoms with Gasteiger partial charge in [-0.3, -0.25) is 9.59 Å². The van der Waals surface area contributed by atoms with Gasteiger partial charge in [-0.05, 0) is 54.8 Å². The Kier molecular flexibility index (Phi) is 7.67. The summed E-state index contributed by atoms with van der Waals surface area (Å²) >= 11 is 0. The van der Waals surface area contributed by atoms with Gasteiger partial charge < -0.3 is 16.4 Å². The summed E-state index contributed by atoms with van der Waals surface area (Å²) in [5.41, 5.74) is 8.52. The van der Waals surface area contributed by atoms with E-state index in [4.69, 9.17) is 5.73 Å². The van der Waals surface area contributed by atoms with Crippen LogP contribution in [0.1, 0.15) is 48.0 Å². The minimum Gasteiger partial charge on any atom is -0.399 e. The summed E-state index contributed by atoms with van der Waals surface area (Å²) in [7, 11) is 0. The number of carbonyl (C=O) groups excluding carboxylic acids is 2. The topological polar surface area (TPSA) is 84.2 Å². The molecule has 0 heterocycles. The molecule has 2 amide bonds. The molecule has 0 radical (unpaired) electrons. The summed E-state index contributed by atoms with van der Waals surface area (Å²) in [4.78, 5) is 24.4. The second-order valence-corrected chi connectivity index (χ2v) is 6.85. The van der Waals surface area contributed by atoms with E-state index in [9.17, 15) is 9.59 Å². The zero-order valence-electron chi connectivity index (χ0n) is 15.2. The first-order chi connectivity index (χ1) is 12.6. The first-order valence-electron chi connectivity index (χ1n) is 9.15. The zero-order valence-corrected chi connectivity index (χ0v) is 16.1. The fourth-order valence-electron chi connectivity index (χ4n) is 3.25. The van der Waals surface area contributed by atoms with Crippen molar-refractivity contribution >= 4 is 35.6 Å². The van der Waals surface area contributed by atoms with E-state index in [1.54, 1.807) is 36.4 Å². The fraction of sp³-hybridized carbons (Fsp3) is 0.333. The van der Waals surface area contributed by atoms with Crippen LogP contribution in [0.25, 0.3) is 0 Å². The largest absolute Gasteiger partial charge is 0.399 e. The van der Waals surface area contributed by atoms with Gasteiger partial charge in [-0.1, -0.05) is 31.4 Å². The summed E-state index contributed by atoms with van der Waals surface area (Å²) in [6.07, 6.45) is 6.03. The maximum absolute atomic E-state index is 12.3. The Bertz CT molecular complexity index is 754. The number of benzene rings is 2. The van der Waals surface area contributed by atoms with Gasteiger partial charge in [-0.2, -0.15) is 0 Å². The number of hydrogen-bond donors (Lipinski definition) is 3. The molecule has 27 heavy (non-hydrogen) atoms. The molecule has 0 bridgehead atoms. The molecule has 1 aliphatic carbocycles. The van der Waals surface area contributed by atoms with Crippen molar-refractivity contribution in [2.75, 3.05) is 11.1 Å². The molecule has 0 spiro atoms. The van der Waals surface area contributed by atoms with Crippen molar-refractivity contribution in [1.82, 2.24) is 5.32 Å². The van der Waals surface area contributed by atoms with E-state index in [-0.39, 0.29) is 36.7 Å². The predicted octanol–water partition coefficient (Wildman–Crippen LogP) is 3.93. The average molecular weight is 388 g/mol. The fourth-order valence-corrected chi connectivity index (χ4v) is 3.25. The summed E-state index contributed by atoms with van der Waals surface area (Å²) < 4.78 is 0. The van der Waals surface area contributed by atoms with Crippen molar-refractivity contribution in [3.8, 4) is 0 Å². The van der Waals surface area contributed by atoms with Gasteiger partial charge in [0, 0.05) is 23.0 Å². The molecular weight excluding hydrogens is 362 g/mol. The highest BCUT2D eigenvalue weighted by atomic mass is 35.5. The van der Waals surface area contributed by atoms with Crippen LogP contribution in [-0.4, -0.2) is 17.9 Å². The summed E-state index contributed by atoms with van der Waals surface area (Å²) in [6, 6.07) is 14.5. The van der Waals surface area contributed by atoms with Crippen LogP contribution in [0.2, 0.25) is 0 Å². The molecule has 0 unspecified atom stereocenters. The van der Waals surface area contributed by atoms with Crippen molar-refractivity contribution in [1.29, 1.82) is 0 Å². The lowest BCUT2D eigenvalue weighted by Crippen LogP contribution is -2.36. The van der Waals surface area contributed by atoms with Crippen LogP contribution >= 0.6 is 12.4 Å². The standard InChI is InChI=1S/C21H25N3O2.ClH/c22-17-10-6-15(7-11-17)14-20(25)23-19-12-8-16(9-13-19)21(26)24-18-4-2-1-3-5-18;/h6-13,18H,1-5,14,22H2,(H,23,25)(H,24,26);1H. The van der Waals surface area contributed by atoms with Crippen molar-refractivity contribution in [3.05, 3.63) is 59.7 Å². The third-order valence-electron chi connectivity index (χ3n) is 4.72. The van der Waals surface area contributed by atoms with Gasteiger partial charge in [0.05, 0.1) is 6.42 Å². The Labute approximate surface area is 166 Å². The molecule has 0 aliphatic heterocycles. The average Bonchev–Trinajstić information content (AvgIpc) is 2.65. The van der Waals surface area contributed by atoms with Gasteiger partial charge in [-0.25, -0.2) is 0 Å². The van der Waals surface area contributed by atoms with Gasteiger partial charge in [0.15, 0.2) is 0 Å². The lowest BCUT2D eigenvalue weighted by Gasteiger charge is -2.22. The van der Waals surface area contributed by atoms with Crippen molar-refractivity contribution < 1.29 is 9.59 Å². The SMILES string of the molecule is Cl.Nc1ccc(CC(=O)Nc2ccc(C(=O)NC3CCCCC3)cc2)cc1. The lowest BCUT2D eigenvalue weighted by atomic mass is 9.95. The molecule has 144 valence electrons. The van der Waals surface area contributed by atoms with E-state index in [0.717, 1.165) is 18.4 Å². The lowest BCUT2D eigenvalue weighted by molar-refractivity contribution is -0.115. The van der Waals surface area contributed by atoms with Crippen molar-refractivity contribution in [2.45, 2.75) is 44.6 Å². The van der Waals surface area contributed by atoms with Crippen LogP contribution in [0.15, 0.2) is 48.5 Å². The molecule has 1 fully saturated rings. The molecular formula is C21H26ClN3O2. The Hall–Kier alpha value is -2.53. The van der Waals surface area contributed by atoms with Gasteiger partial charge >= 0.3 is 0 Å². The number of hydrogen-bond acceptors (Lipinski definition) is 3. The second kappa shape index (κ2) is 9.97. The van der Waals surface area contributed by atoms with E-state index in [1.165, 1.54) is 19.3 Å². The van der Waals surface area contributed by atoms with E-state index >= 15 is 0 Å². The number of anilines is 2. The van der Waals surface area contributed by atoms with Gasteiger partial charge in [0.25, 0.3) is 5.91 Å². The van der Waals surface area contributed by atoms with Gasteiger partial charge in [-0.15, -0.1) is 12.4 Å². The van der Waals surface area contributed by atoms with Gasteiger partial charge in [0.2, 0.25) is 5.91 Å². The summed E-state index contributed by atoms with van der Waals surface area (Å²) in [5.74, 6) is -0.147. The first-order valence-corrected chi connectivity index (χ1v) is 9.15. The van der Waals surface area contributed by atoms with Crippen LogP contribution in [0, 0.1) is 0 Å². The highest BCUT2D eigenvalue weighted by Crippen LogP contribution is 2.18. The zero-order chi connectivity index (χ0) is 18.4. The van der Waals surface area contributed by atoms with Crippen molar-refractivity contribution in [2.24, 2.45) is 0 Å². The molecule has 1 aliphatic rings. The minimum atomic E-state index is -0.103. The maximum Gasteiger partial charge on any atom is 0.251 e. The molecule has 2 aromatic carbocycles. The number of amides is 2. The van der Waals surface area contributed by atoms with E-state index < -0.39 is 0 Å². The first kappa shape index (κ1) is 20.8. The van der Waals surface area contributed by atoms with E-state index in [1.807, 2.05) is 12.1 Å². The Balaban J connectivity index is 0.00000261. The Morgan fingerprint density at radius 3 is 2.19 bits per heavy atom. The summed E-state index contributed by atoms with van der Waals surface area (Å²) in [6.45, 7) is 0. The third kappa shape index (κ3) is 6.29. The van der Waals surface area contributed by atoms with Crippen LogP contribution in [-0.2, 0) is 11.2 Å². The highest BCUT2D eigenvalue weighted by Gasteiger charge is 2.16. The predicted molar refractivity (Wildman–Crippen MR) is 111 cm³/mol. The number of nitrogens with one attached hydrogen (secondary N) is 2. The molecule has 0 atom stereocenters. The monoisotopic (exact) mass is 387 g/mol. The quantitative estimate of drug-likeness (QED) is 0.679. The third-order valence-corrected chi connectivity index (χ3v) is 4.72. The second-order valence-electron chi connectivity index (χ2n) is 6.85. The normalized spacial score (nSPS) is 14.1. The molecule has 1 saturated carbocycles. The van der Waals surface area contributed by atoms with E-state index in [0.29, 0.717) is 16.9 Å².